The number of carboxylic acids is 2. The molecule has 1 aromatic rings. The second-order valence-electron chi connectivity index (χ2n) is 6.14. The van der Waals surface area contributed by atoms with Gasteiger partial charge >= 0.3 is 24.2 Å². The number of aryl methyl sites for hydroxylation is 1. The Morgan fingerprint density at radius 1 is 1.23 bits per heavy atom. The van der Waals surface area contributed by atoms with Crippen LogP contribution in [0, 0.1) is 0 Å². The number of guanidine groups is 1. The molecule has 1 amide bonds. The van der Waals surface area contributed by atoms with E-state index in [2.05, 4.69) is 35.6 Å². The van der Waals surface area contributed by atoms with E-state index in [4.69, 9.17) is 28.2 Å². The first-order valence-corrected chi connectivity index (χ1v) is 9.95. The molecule has 0 aliphatic heterocycles. The number of hydrogen-bond acceptors (Lipinski definition) is 8. The maximum atomic E-state index is 12.1. The van der Waals surface area contributed by atoms with Crippen LogP contribution in [0.5, 0.6) is 0 Å². The van der Waals surface area contributed by atoms with Crippen molar-refractivity contribution in [1.29, 1.82) is 0 Å². The highest BCUT2D eigenvalue weighted by atomic mass is 32.1. The first-order chi connectivity index (χ1) is 16.3. The molecule has 0 fully saturated rings. The topological polar surface area (TPSA) is 201 Å². The fourth-order valence-corrected chi connectivity index (χ4v) is 2.06. The van der Waals surface area contributed by atoms with E-state index in [1.807, 2.05) is 0 Å². The summed E-state index contributed by atoms with van der Waals surface area (Å²) in [5.74, 6) is -2.14. The van der Waals surface area contributed by atoms with Gasteiger partial charge in [-0.1, -0.05) is 0 Å². The van der Waals surface area contributed by atoms with E-state index in [0.717, 1.165) is 12.8 Å². The van der Waals surface area contributed by atoms with Crippen molar-refractivity contribution in [3.63, 3.8) is 0 Å². The summed E-state index contributed by atoms with van der Waals surface area (Å²) in [6.45, 7) is -0.846. The van der Waals surface area contributed by atoms with Crippen LogP contribution >= 0.6 is 12.2 Å². The zero-order chi connectivity index (χ0) is 26.9. The average molecular weight is 523 g/mol. The molecule has 1 aromatic heterocycles. The van der Waals surface area contributed by atoms with Gasteiger partial charge in [0.2, 0.25) is 0 Å². The highest BCUT2D eigenvalue weighted by molar-refractivity contribution is 7.80. The Hall–Kier alpha value is -4.02. The number of nitrogens with one attached hydrogen (secondary N) is 3. The van der Waals surface area contributed by atoms with E-state index in [0.29, 0.717) is 30.9 Å². The van der Waals surface area contributed by atoms with Gasteiger partial charge in [-0.15, -0.1) is 0 Å². The molecule has 1 rings (SSSR count). The number of carboxylic acid groups (broad SMARTS) is 2. The number of alkyl carbamates (subject to hydrolysis) is 1. The second kappa shape index (κ2) is 16.6. The van der Waals surface area contributed by atoms with Gasteiger partial charge in [-0.2, -0.15) is 13.2 Å². The van der Waals surface area contributed by atoms with Gasteiger partial charge in [0, 0.05) is 31.3 Å². The van der Waals surface area contributed by atoms with Crippen molar-refractivity contribution in [2.75, 3.05) is 25.5 Å². The van der Waals surface area contributed by atoms with Crippen molar-refractivity contribution in [3.8, 4) is 0 Å². The molecule has 0 saturated heterocycles. The van der Waals surface area contributed by atoms with Gasteiger partial charge < -0.3 is 31.3 Å². The standard InChI is InChI=1S/C14H20F3N7O2S.C4H4O4/c1-26-13(25)24-12(27)20-6-3-2-4-9-19-7-5-10(22-9)23-11(18)21-8-14(15,16)17;5-3(6)1-2-4(7)8/h5,7H,2-4,6,8H2,1H3,(H2,20,24,25,27)(H3,18,19,21,22,23);1-2H,(H,5,6)(H,7,8)/b;2-1-. The Labute approximate surface area is 202 Å². The van der Waals surface area contributed by atoms with E-state index in [9.17, 15) is 27.6 Å². The number of carbonyl (C=O) groups excluding carboxylic acids is 1. The summed E-state index contributed by atoms with van der Waals surface area (Å²) in [6, 6.07) is 1.47. The second-order valence-corrected chi connectivity index (χ2v) is 6.55. The highest BCUT2D eigenvalue weighted by Crippen LogP contribution is 2.14. The molecule has 17 heteroatoms. The molecule has 0 radical (unpaired) electrons. The highest BCUT2D eigenvalue weighted by Gasteiger charge is 2.26. The lowest BCUT2D eigenvalue weighted by Gasteiger charge is -2.09. The minimum absolute atomic E-state index is 0.165. The molecular formula is C18H24F3N7O6S. The molecule has 0 unspecified atom stereocenters. The number of aliphatic imine (C=N–C) groups is 1. The van der Waals surface area contributed by atoms with E-state index in [1.165, 1.54) is 19.4 Å². The first kappa shape index (κ1) is 31.0. The van der Waals surface area contributed by atoms with Crippen LogP contribution in [0.15, 0.2) is 29.4 Å². The molecule has 0 saturated carbocycles. The van der Waals surface area contributed by atoms with Gasteiger partial charge in [0.15, 0.2) is 11.1 Å². The molecule has 0 aliphatic carbocycles. The van der Waals surface area contributed by atoms with Crippen LogP contribution in [-0.4, -0.2) is 75.7 Å². The first-order valence-electron chi connectivity index (χ1n) is 9.54. The monoisotopic (exact) mass is 523 g/mol. The normalized spacial score (nSPS) is 11.1. The van der Waals surface area contributed by atoms with Gasteiger partial charge in [-0.25, -0.2) is 29.3 Å². The van der Waals surface area contributed by atoms with Crippen LogP contribution < -0.4 is 21.7 Å². The van der Waals surface area contributed by atoms with Crippen molar-refractivity contribution >= 4 is 47.1 Å². The van der Waals surface area contributed by atoms with Crippen LogP contribution in [0.2, 0.25) is 0 Å². The minimum Gasteiger partial charge on any atom is -0.478 e. The van der Waals surface area contributed by atoms with Crippen molar-refractivity contribution in [2.45, 2.75) is 25.4 Å². The maximum Gasteiger partial charge on any atom is 0.413 e. The average Bonchev–Trinajstić information content (AvgIpc) is 2.76. The van der Waals surface area contributed by atoms with E-state index in [1.54, 1.807) is 0 Å². The number of ether oxygens (including phenoxy) is 1. The predicted octanol–water partition coefficient (Wildman–Crippen LogP) is 1.03. The third-order valence-corrected chi connectivity index (χ3v) is 3.52. The molecular weight excluding hydrogens is 499 g/mol. The fraction of sp³-hybridized carbons (Fsp3) is 0.389. The van der Waals surface area contributed by atoms with Crippen molar-refractivity contribution in [2.24, 2.45) is 10.7 Å². The Bertz CT molecular complexity index is 912. The molecule has 13 nitrogen and oxygen atoms in total. The zero-order valence-corrected chi connectivity index (χ0v) is 19.1. The Morgan fingerprint density at radius 3 is 2.40 bits per heavy atom. The summed E-state index contributed by atoms with van der Waals surface area (Å²) in [4.78, 5) is 41.5. The summed E-state index contributed by atoms with van der Waals surface area (Å²) in [7, 11) is 1.23. The van der Waals surface area contributed by atoms with Crippen molar-refractivity contribution in [1.82, 2.24) is 20.6 Å². The predicted molar refractivity (Wildman–Crippen MR) is 122 cm³/mol. The lowest BCUT2D eigenvalue weighted by atomic mass is 10.2. The largest absolute Gasteiger partial charge is 0.478 e. The quantitative estimate of drug-likeness (QED) is 0.0884. The van der Waals surface area contributed by atoms with Crippen LogP contribution in [0.4, 0.5) is 23.8 Å². The summed E-state index contributed by atoms with van der Waals surface area (Å²) in [5, 5.41) is 23.4. The number of anilines is 1. The number of unbranched alkanes of at least 4 members (excludes halogenated alkanes) is 1. The molecule has 0 spiro atoms. The maximum absolute atomic E-state index is 12.1. The molecule has 0 aliphatic rings. The number of aromatic nitrogens is 2. The van der Waals surface area contributed by atoms with Crippen molar-refractivity contribution < 1.29 is 42.5 Å². The molecule has 0 bridgehead atoms. The smallest absolute Gasteiger partial charge is 0.413 e. The van der Waals surface area contributed by atoms with Crippen LogP contribution in [-0.2, 0) is 20.7 Å². The number of carbonyl (C=O) groups is 3. The summed E-state index contributed by atoms with van der Waals surface area (Å²) >= 11 is 4.89. The molecule has 35 heavy (non-hydrogen) atoms. The van der Waals surface area contributed by atoms with E-state index >= 15 is 0 Å². The molecule has 194 valence electrons. The number of alkyl halides is 3. The number of halogens is 3. The van der Waals surface area contributed by atoms with Crippen molar-refractivity contribution in [3.05, 3.63) is 30.2 Å². The van der Waals surface area contributed by atoms with Gasteiger partial charge in [-0.3, -0.25) is 5.32 Å². The Kier molecular flexibility index (Phi) is 14.7. The number of nitrogens with zero attached hydrogens (tertiary/aromatic N) is 3. The van der Waals surface area contributed by atoms with Gasteiger partial charge in [0.05, 0.1) is 7.11 Å². The number of thiocarbonyl (C=S) groups is 1. The summed E-state index contributed by atoms with van der Waals surface area (Å²) in [5.41, 5.74) is 5.39. The van der Waals surface area contributed by atoms with Crippen LogP contribution in [0.25, 0.3) is 0 Å². The van der Waals surface area contributed by atoms with Crippen LogP contribution in [0.1, 0.15) is 18.7 Å². The van der Waals surface area contributed by atoms with Crippen LogP contribution in [0.3, 0.4) is 0 Å². The number of hydrogen-bond donors (Lipinski definition) is 6. The van der Waals surface area contributed by atoms with Gasteiger partial charge in [-0.05, 0) is 31.1 Å². The Balaban J connectivity index is 0.00000124. The molecule has 0 atom stereocenters. The van der Waals surface area contributed by atoms with E-state index in [-0.39, 0.29) is 16.9 Å². The molecule has 7 N–H and O–H groups in total. The third-order valence-electron chi connectivity index (χ3n) is 3.27. The zero-order valence-electron chi connectivity index (χ0n) is 18.3. The summed E-state index contributed by atoms with van der Waals surface area (Å²) in [6.07, 6.45) is -0.517. The Morgan fingerprint density at radius 2 is 1.86 bits per heavy atom. The number of rotatable bonds is 9. The lowest BCUT2D eigenvalue weighted by molar-refractivity contribution is -0.134. The number of nitrogens with two attached hydrogens (primary N) is 1. The third kappa shape index (κ3) is 19.2. The van der Waals surface area contributed by atoms with Gasteiger partial charge in [0.25, 0.3) is 0 Å². The number of methoxy groups -OCH3 is 1. The molecule has 0 aromatic carbocycles. The summed E-state index contributed by atoms with van der Waals surface area (Å²) < 4.78 is 40.7. The van der Waals surface area contributed by atoms with E-state index < -0.39 is 30.8 Å². The lowest BCUT2D eigenvalue weighted by Crippen LogP contribution is -2.39. The number of amides is 1. The van der Waals surface area contributed by atoms with Gasteiger partial charge in [0.1, 0.15) is 18.2 Å². The minimum atomic E-state index is -4.42. The fourth-order valence-electron chi connectivity index (χ4n) is 1.88. The molecule has 1 heterocycles. The SMILES string of the molecule is COC(=O)NC(=S)NCCCCc1nccc(N/C(N)=N\CC(F)(F)F)n1.O=C(O)/C=C\C(=O)O. The number of aliphatic carboxylic acids is 2.